The van der Waals surface area contributed by atoms with Gasteiger partial charge in [0.1, 0.15) is 4.90 Å². The molecule has 1 aromatic heterocycles. The molecule has 0 aliphatic carbocycles. The van der Waals surface area contributed by atoms with E-state index in [1.54, 1.807) is 6.92 Å². The predicted molar refractivity (Wildman–Crippen MR) is 119 cm³/mol. The van der Waals surface area contributed by atoms with Gasteiger partial charge in [0, 0.05) is 13.1 Å². The summed E-state index contributed by atoms with van der Waals surface area (Å²) in [7, 11) is -3.66. The van der Waals surface area contributed by atoms with E-state index in [1.807, 2.05) is 54.1 Å². The van der Waals surface area contributed by atoms with Gasteiger partial charge >= 0.3 is 0 Å². The molecule has 2 aromatic carbocycles. The standard InChI is InChI=1S/C23H28N4O2S/c1-4-25(16-20-10-6-5-7-11-20)17-26-19(3)23(18(2)24-26)30(28,29)27-15-14-21-12-8-9-13-22(21)27/h5-13H,4,14-17H2,1-3H3. The van der Waals surface area contributed by atoms with Gasteiger partial charge in [-0.05, 0) is 44.0 Å². The van der Waals surface area contributed by atoms with Crippen LogP contribution in [0.5, 0.6) is 0 Å². The number of anilines is 1. The molecule has 0 unspecified atom stereocenters. The van der Waals surface area contributed by atoms with Crippen molar-refractivity contribution < 1.29 is 8.42 Å². The van der Waals surface area contributed by atoms with Crippen molar-refractivity contribution in [2.75, 3.05) is 17.4 Å². The largest absolute Gasteiger partial charge is 0.280 e. The monoisotopic (exact) mass is 424 g/mol. The summed E-state index contributed by atoms with van der Waals surface area (Å²) in [5.74, 6) is 0. The van der Waals surface area contributed by atoms with Crippen LogP contribution in [0, 0.1) is 13.8 Å². The Morgan fingerprint density at radius 2 is 1.73 bits per heavy atom. The molecule has 0 N–H and O–H groups in total. The highest BCUT2D eigenvalue weighted by atomic mass is 32.2. The fourth-order valence-electron chi connectivity index (χ4n) is 4.15. The maximum Gasteiger partial charge on any atom is 0.268 e. The maximum absolute atomic E-state index is 13.6. The fourth-order valence-corrected chi connectivity index (χ4v) is 6.03. The van der Waals surface area contributed by atoms with E-state index in [2.05, 4.69) is 29.1 Å². The van der Waals surface area contributed by atoms with E-state index < -0.39 is 10.0 Å². The zero-order valence-corrected chi connectivity index (χ0v) is 18.6. The Morgan fingerprint density at radius 3 is 2.47 bits per heavy atom. The van der Waals surface area contributed by atoms with Gasteiger partial charge in [-0.25, -0.2) is 8.42 Å². The van der Waals surface area contributed by atoms with Crippen molar-refractivity contribution in [1.29, 1.82) is 0 Å². The molecule has 0 bridgehead atoms. The minimum atomic E-state index is -3.66. The first kappa shape index (κ1) is 20.6. The number of para-hydroxylation sites is 1. The van der Waals surface area contributed by atoms with Gasteiger partial charge in [0.25, 0.3) is 10.0 Å². The summed E-state index contributed by atoms with van der Waals surface area (Å²) < 4.78 is 30.5. The molecule has 2 heterocycles. The summed E-state index contributed by atoms with van der Waals surface area (Å²) in [4.78, 5) is 2.58. The van der Waals surface area contributed by atoms with Crippen molar-refractivity contribution in [3.63, 3.8) is 0 Å². The summed E-state index contributed by atoms with van der Waals surface area (Å²) in [5.41, 5.74) is 4.31. The molecule has 6 nitrogen and oxygen atoms in total. The second-order valence-electron chi connectivity index (χ2n) is 7.73. The highest BCUT2D eigenvalue weighted by Gasteiger charge is 2.35. The summed E-state index contributed by atoms with van der Waals surface area (Å²) in [6.45, 7) is 8.39. The summed E-state index contributed by atoms with van der Waals surface area (Å²) in [6, 6.07) is 18.0. The Kier molecular flexibility index (Phi) is 5.66. The third kappa shape index (κ3) is 3.75. The molecule has 0 saturated heterocycles. The summed E-state index contributed by atoms with van der Waals surface area (Å²) in [6.07, 6.45) is 0.738. The van der Waals surface area contributed by atoms with Crippen molar-refractivity contribution in [3.05, 3.63) is 77.1 Å². The number of fused-ring (bicyclic) bond motifs is 1. The van der Waals surface area contributed by atoms with Crippen LogP contribution in [-0.4, -0.2) is 36.2 Å². The molecule has 0 fully saturated rings. The van der Waals surface area contributed by atoms with Gasteiger partial charge in [-0.3, -0.25) is 13.9 Å². The van der Waals surface area contributed by atoms with Gasteiger partial charge < -0.3 is 0 Å². The molecule has 4 rings (SSSR count). The fraction of sp³-hybridized carbons (Fsp3) is 0.348. The van der Waals surface area contributed by atoms with Gasteiger partial charge in [-0.2, -0.15) is 5.10 Å². The molecular formula is C23H28N4O2S. The molecule has 0 saturated carbocycles. The lowest BCUT2D eigenvalue weighted by atomic mass is 10.2. The Hall–Kier alpha value is -2.64. The number of aryl methyl sites for hydroxylation is 1. The zero-order chi connectivity index (χ0) is 21.3. The van der Waals surface area contributed by atoms with Crippen LogP contribution >= 0.6 is 0 Å². The third-order valence-corrected chi connectivity index (χ3v) is 7.80. The molecule has 0 atom stereocenters. The molecule has 0 amide bonds. The number of sulfonamides is 1. The van der Waals surface area contributed by atoms with E-state index in [0.29, 0.717) is 29.5 Å². The van der Waals surface area contributed by atoms with Gasteiger partial charge in [-0.1, -0.05) is 55.5 Å². The van der Waals surface area contributed by atoms with E-state index in [0.717, 1.165) is 30.8 Å². The maximum atomic E-state index is 13.6. The normalized spacial score (nSPS) is 13.8. The zero-order valence-electron chi connectivity index (χ0n) is 17.7. The average Bonchev–Trinajstić information content (AvgIpc) is 3.29. The smallest absolute Gasteiger partial charge is 0.268 e. The first-order valence-corrected chi connectivity index (χ1v) is 11.8. The number of benzene rings is 2. The van der Waals surface area contributed by atoms with Crippen LogP contribution in [0.3, 0.4) is 0 Å². The first-order chi connectivity index (χ1) is 14.4. The van der Waals surface area contributed by atoms with Crippen LogP contribution in [0.4, 0.5) is 5.69 Å². The van der Waals surface area contributed by atoms with Gasteiger partial charge in [0.2, 0.25) is 0 Å². The molecule has 0 radical (unpaired) electrons. The van der Waals surface area contributed by atoms with Crippen molar-refractivity contribution in [2.24, 2.45) is 0 Å². The molecular weight excluding hydrogens is 396 g/mol. The van der Waals surface area contributed by atoms with Crippen LogP contribution in [0.25, 0.3) is 0 Å². The third-order valence-electron chi connectivity index (χ3n) is 5.74. The average molecular weight is 425 g/mol. The van der Waals surface area contributed by atoms with Gasteiger partial charge in [0.05, 0.1) is 23.7 Å². The van der Waals surface area contributed by atoms with Gasteiger partial charge in [0.15, 0.2) is 0 Å². The molecule has 158 valence electrons. The molecule has 7 heteroatoms. The van der Waals surface area contributed by atoms with Crippen LogP contribution in [0.15, 0.2) is 59.5 Å². The molecule has 1 aliphatic heterocycles. The quantitative estimate of drug-likeness (QED) is 0.580. The van der Waals surface area contributed by atoms with E-state index in [1.165, 1.54) is 9.87 Å². The van der Waals surface area contributed by atoms with E-state index in [9.17, 15) is 8.42 Å². The summed E-state index contributed by atoms with van der Waals surface area (Å²) in [5, 5.41) is 4.60. The topological polar surface area (TPSA) is 58.4 Å². The molecule has 0 spiro atoms. The minimum Gasteiger partial charge on any atom is -0.280 e. The Balaban J connectivity index is 1.62. The highest BCUT2D eigenvalue weighted by molar-refractivity contribution is 7.93. The van der Waals surface area contributed by atoms with Crippen molar-refractivity contribution in [3.8, 4) is 0 Å². The molecule has 3 aromatic rings. The van der Waals surface area contributed by atoms with Crippen LogP contribution in [0.1, 0.15) is 29.4 Å². The number of hydrogen-bond donors (Lipinski definition) is 0. The van der Waals surface area contributed by atoms with Crippen LogP contribution < -0.4 is 4.31 Å². The second-order valence-corrected chi connectivity index (χ2v) is 9.53. The Morgan fingerprint density at radius 1 is 1.03 bits per heavy atom. The van der Waals surface area contributed by atoms with E-state index in [-0.39, 0.29) is 0 Å². The van der Waals surface area contributed by atoms with E-state index in [4.69, 9.17) is 0 Å². The number of hydrogen-bond acceptors (Lipinski definition) is 4. The highest BCUT2D eigenvalue weighted by Crippen LogP contribution is 2.34. The van der Waals surface area contributed by atoms with Gasteiger partial charge in [-0.15, -0.1) is 0 Å². The Labute approximate surface area is 178 Å². The molecule has 1 aliphatic rings. The lowest BCUT2D eigenvalue weighted by molar-refractivity contribution is 0.206. The second kappa shape index (κ2) is 8.24. The van der Waals surface area contributed by atoms with Crippen LogP contribution in [0.2, 0.25) is 0 Å². The predicted octanol–water partition coefficient (Wildman–Crippen LogP) is 3.73. The number of rotatable bonds is 7. The van der Waals surface area contributed by atoms with Crippen molar-refractivity contribution in [2.45, 2.75) is 45.3 Å². The molecule has 30 heavy (non-hydrogen) atoms. The number of nitrogens with zero attached hydrogens (tertiary/aromatic N) is 4. The first-order valence-electron chi connectivity index (χ1n) is 10.3. The van der Waals surface area contributed by atoms with Crippen molar-refractivity contribution in [1.82, 2.24) is 14.7 Å². The summed E-state index contributed by atoms with van der Waals surface area (Å²) >= 11 is 0. The lowest BCUT2D eigenvalue weighted by Crippen LogP contribution is -2.30. The van der Waals surface area contributed by atoms with Crippen molar-refractivity contribution >= 4 is 15.7 Å². The minimum absolute atomic E-state index is 0.329. The van der Waals surface area contributed by atoms with E-state index >= 15 is 0 Å². The Bertz CT molecular complexity index is 1140. The number of aromatic nitrogens is 2. The van der Waals surface area contributed by atoms with Crippen LogP contribution in [-0.2, 0) is 29.7 Å². The lowest BCUT2D eigenvalue weighted by Gasteiger charge is -2.22. The SMILES string of the molecule is CCN(Cc1ccccc1)Cn1nc(C)c(S(=O)(=O)N2CCc3ccccc32)c1C.